The minimum absolute atomic E-state index is 0.350. The molecule has 0 aliphatic heterocycles. The lowest BCUT2D eigenvalue weighted by Crippen LogP contribution is -2.28. The van der Waals surface area contributed by atoms with Crippen LogP contribution in [0.25, 0.3) is 21.1 Å². The second-order valence-electron chi connectivity index (χ2n) is 8.85. The Balaban J connectivity index is 1.46. The third-order valence-electron chi connectivity index (χ3n) is 6.85. The van der Waals surface area contributed by atoms with E-state index in [1.165, 1.54) is 23.3 Å². The summed E-state index contributed by atoms with van der Waals surface area (Å²) in [7, 11) is 0. The number of benzene rings is 1. The first-order valence-corrected chi connectivity index (χ1v) is 11.5. The fraction of sp³-hybridized carbons (Fsp3) is 0.375. The highest BCUT2D eigenvalue weighted by Gasteiger charge is 2.33. The largest absolute Gasteiger partial charge is 0.361 e. The molecule has 1 aliphatic rings. The fourth-order valence-electron chi connectivity index (χ4n) is 4.51. The summed E-state index contributed by atoms with van der Waals surface area (Å²) >= 11 is 1.82. The van der Waals surface area contributed by atoms with E-state index in [2.05, 4.69) is 58.4 Å². The molecule has 4 aromatic rings. The molecule has 1 unspecified atom stereocenters. The topological polar surface area (TPSA) is 66.0 Å². The minimum atomic E-state index is 0.350. The highest BCUT2D eigenvalue weighted by Crippen LogP contribution is 2.45. The van der Waals surface area contributed by atoms with Crippen LogP contribution < -0.4 is 5.43 Å². The number of para-hydroxylation sites is 1. The van der Waals surface area contributed by atoms with Gasteiger partial charge >= 0.3 is 0 Å². The molecule has 5 rings (SSSR count). The van der Waals surface area contributed by atoms with E-state index in [1.54, 1.807) is 6.33 Å². The van der Waals surface area contributed by atoms with Crippen molar-refractivity contribution in [2.24, 2.45) is 16.4 Å². The van der Waals surface area contributed by atoms with Crippen molar-refractivity contribution in [3.63, 3.8) is 0 Å². The highest BCUT2D eigenvalue weighted by atomic mass is 32.1. The molecule has 2 N–H and O–H groups in total. The van der Waals surface area contributed by atoms with E-state index in [0.717, 1.165) is 45.3 Å². The minimum Gasteiger partial charge on any atom is -0.361 e. The number of fused-ring (bicyclic) bond motifs is 4. The number of nitrogens with zero attached hydrogens (tertiary/aromatic N) is 3. The van der Waals surface area contributed by atoms with Crippen LogP contribution in [0, 0.1) is 11.3 Å². The molecule has 0 saturated carbocycles. The van der Waals surface area contributed by atoms with E-state index in [0.29, 0.717) is 11.3 Å². The van der Waals surface area contributed by atoms with Gasteiger partial charge in [0.1, 0.15) is 11.2 Å². The lowest BCUT2D eigenvalue weighted by Gasteiger charge is -2.36. The summed E-state index contributed by atoms with van der Waals surface area (Å²) in [4.78, 5) is 14.9. The lowest BCUT2D eigenvalue weighted by atomic mass is 9.69. The molecule has 1 aromatic carbocycles. The van der Waals surface area contributed by atoms with Crippen LogP contribution in [-0.2, 0) is 12.8 Å². The summed E-state index contributed by atoms with van der Waals surface area (Å²) in [5.74, 6) is 1.50. The smallest absolute Gasteiger partial charge is 0.158 e. The van der Waals surface area contributed by atoms with Crippen LogP contribution in [0.1, 0.15) is 49.6 Å². The predicted molar refractivity (Wildman–Crippen MR) is 127 cm³/mol. The third kappa shape index (κ3) is 3.29. The number of hydrazone groups is 1. The number of rotatable bonds is 5. The van der Waals surface area contributed by atoms with Crippen LogP contribution in [0.3, 0.4) is 0 Å². The zero-order valence-corrected chi connectivity index (χ0v) is 18.5. The highest BCUT2D eigenvalue weighted by molar-refractivity contribution is 7.19. The maximum atomic E-state index is 4.56. The molecule has 0 amide bonds. The first-order valence-electron chi connectivity index (χ1n) is 10.7. The second kappa shape index (κ2) is 7.51. The lowest BCUT2D eigenvalue weighted by molar-refractivity contribution is 0.184. The number of aryl methyl sites for hydroxylation is 1. The Morgan fingerprint density at radius 2 is 2.17 bits per heavy atom. The molecule has 0 saturated heterocycles. The molecule has 6 heteroatoms. The van der Waals surface area contributed by atoms with Gasteiger partial charge in [-0.25, -0.2) is 9.97 Å². The average Bonchev–Trinajstić information content (AvgIpc) is 3.35. The Kier molecular flexibility index (Phi) is 4.82. The Morgan fingerprint density at radius 1 is 1.30 bits per heavy atom. The van der Waals surface area contributed by atoms with Crippen LogP contribution in [0.15, 0.2) is 41.9 Å². The quantitative estimate of drug-likeness (QED) is 0.302. The third-order valence-corrected chi connectivity index (χ3v) is 8.05. The SMILES string of the molecule is CCC(C)(C)C1CCc2sc3ncnc(NN=Cc4c[nH]c5ccccc45)c3c2C1. The number of hydrogen-bond acceptors (Lipinski definition) is 5. The molecular formula is C24H27N5S. The van der Waals surface area contributed by atoms with Crippen molar-refractivity contribution in [3.8, 4) is 0 Å². The molecule has 154 valence electrons. The Bertz CT molecular complexity index is 1230. The van der Waals surface area contributed by atoms with Gasteiger partial charge in [0.2, 0.25) is 0 Å². The number of nitrogens with one attached hydrogen (secondary N) is 2. The van der Waals surface area contributed by atoms with Crippen molar-refractivity contribution >= 4 is 44.5 Å². The number of H-pyrrole nitrogens is 1. The van der Waals surface area contributed by atoms with E-state index in [-0.39, 0.29) is 0 Å². The molecule has 3 aromatic heterocycles. The monoisotopic (exact) mass is 417 g/mol. The van der Waals surface area contributed by atoms with Gasteiger partial charge in [0.25, 0.3) is 0 Å². The predicted octanol–water partition coefficient (Wildman–Crippen LogP) is 6.16. The standard InChI is InChI=1S/C24H27N5S/c1-4-24(2,3)16-9-10-20-18(11-16)21-22(26-14-27-23(21)30-20)29-28-13-15-12-25-19-8-6-5-7-17(15)19/h5-8,12-14,16,25H,4,9-11H2,1-3H3,(H,26,27,29). The molecule has 0 spiro atoms. The van der Waals surface area contributed by atoms with Crippen LogP contribution in [0.5, 0.6) is 0 Å². The summed E-state index contributed by atoms with van der Waals surface area (Å²) in [6.07, 6.45) is 10.2. The van der Waals surface area contributed by atoms with Crippen molar-refractivity contribution in [2.45, 2.75) is 46.5 Å². The average molecular weight is 418 g/mol. The zero-order valence-electron chi connectivity index (χ0n) is 17.7. The molecule has 0 bridgehead atoms. The zero-order chi connectivity index (χ0) is 20.7. The van der Waals surface area contributed by atoms with E-state index in [1.807, 2.05) is 35.9 Å². The van der Waals surface area contributed by atoms with E-state index in [4.69, 9.17) is 0 Å². The maximum Gasteiger partial charge on any atom is 0.158 e. The number of thiophene rings is 1. The Hall–Kier alpha value is -2.73. The summed E-state index contributed by atoms with van der Waals surface area (Å²) in [6.45, 7) is 7.10. The first-order chi connectivity index (χ1) is 14.6. The second-order valence-corrected chi connectivity index (χ2v) is 9.93. The van der Waals surface area contributed by atoms with Crippen molar-refractivity contribution in [2.75, 3.05) is 5.43 Å². The molecule has 1 atom stereocenters. The van der Waals surface area contributed by atoms with Crippen molar-refractivity contribution in [3.05, 3.63) is 52.8 Å². The maximum absolute atomic E-state index is 4.56. The molecular weight excluding hydrogens is 390 g/mol. The molecule has 1 aliphatic carbocycles. The molecule has 0 fully saturated rings. The van der Waals surface area contributed by atoms with Crippen LogP contribution in [-0.4, -0.2) is 21.2 Å². The van der Waals surface area contributed by atoms with Gasteiger partial charge in [0.05, 0.1) is 11.6 Å². The molecule has 30 heavy (non-hydrogen) atoms. The normalized spacial score (nSPS) is 17.1. The van der Waals surface area contributed by atoms with Gasteiger partial charge in [0, 0.05) is 27.5 Å². The van der Waals surface area contributed by atoms with Crippen molar-refractivity contribution < 1.29 is 0 Å². The first kappa shape index (κ1) is 19.2. The van der Waals surface area contributed by atoms with Gasteiger partial charge in [-0.3, -0.25) is 5.43 Å². The van der Waals surface area contributed by atoms with Gasteiger partial charge < -0.3 is 4.98 Å². The van der Waals surface area contributed by atoms with Crippen molar-refractivity contribution in [1.29, 1.82) is 0 Å². The Labute approximate surface area is 180 Å². The molecule has 5 nitrogen and oxygen atoms in total. The van der Waals surface area contributed by atoms with Gasteiger partial charge in [-0.1, -0.05) is 45.4 Å². The van der Waals surface area contributed by atoms with Gasteiger partial charge in [-0.05, 0) is 42.2 Å². The van der Waals surface area contributed by atoms with E-state index >= 15 is 0 Å². The number of aromatic amines is 1. The summed E-state index contributed by atoms with van der Waals surface area (Å²) in [5, 5.41) is 6.83. The number of hydrogen-bond donors (Lipinski definition) is 2. The van der Waals surface area contributed by atoms with Gasteiger partial charge in [0.15, 0.2) is 5.82 Å². The van der Waals surface area contributed by atoms with Crippen LogP contribution in [0.4, 0.5) is 5.82 Å². The van der Waals surface area contributed by atoms with Crippen LogP contribution >= 0.6 is 11.3 Å². The van der Waals surface area contributed by atoms with Crippen LogP contribution in [0.2, 0.25) is 0 Å². The van der Waals surface area contributed by atoms with E-state index in [9.17, 15) is 0 Å². The summed E-state index contributed by atoms with van der Waals surface area (Å²) in [6, 6.07) is 8.24. The molecule has 3 heterocycles. The Morgan fingerprint density at radius 3 is 3.03 bits per heavy atom. The summed E-state index contributed by atoms with van der Waals surface area (Å²) in [5.41, 5.74) is 7.15. The molecule has 0 radical (unpaired) electrons. The van der Waals surface area contributed by atoms with Gasteiger partial charge in [-0.15, -0.1) is 11.3 Å². The van der Waals surface area contributed by atoms with E-state index < -0.39 is 0 Å². The summed E-state index contributed by atoms with van der Waals surface area (Å²) < 4.78 is 0. The number of anilines is 1. The fourth-order valence-corrected chi connectivity index (χ4v) is 5.70. The van der Waals surface area contributed by atoms with Gasteiger partial charge in [-0.2, -0.15) is 5.10 Å². The number of aromatic nitrogens is 3. The van der Waals surface area contributed by atoms with Crippen molar-refractivity contribution in [1.82, 2.24) is 15.0 Å².